The Morgan fingerprint density at radius 3 is 2.21 bits per heavy atom. The number of nitrogens with one attached hydrogen (secondary N) is 1. The van der Waals surface area contributed by atoms with Crippen LogP contribution in [-0.2, 0) is 0 Å². The number of amides is 2. The highest BCUT2D eigenvalue weighted by molar-refractivity contribution is 5.90. The van der Waals surface area contributed by atoms with Gasteiger partial charge in [-0.05, 0) is 69.2 Å². The Morgan fingerprint density at radius 1 is 0.964 bits per heavy atom. The molecule has 1 heterocycles. The van der Waals surface area contributed by atoms with Gasteiger partial charge in [-0.3, -0.25) is 0 Å². The molecule has 0 aliphatic carbocycles. The first-order chi connectivity index (χ1) is 13.5. The molecule has 0 unspecified atom stereocenters. The summed E-state index contributed by atoms with van der Waals surface area (Å²) in [6, 6.07) is 14.9. The second-order valence-electron chi connectivity index (χ2n) is 7.41. The molecule has 0 radical (unpaired) electrons. The average molecular weight is 381 g/mol. The van der Waals surface area contributed by atoms with E-state index < -0.39 is 0 Å². The number of hydrogen-bond donors (Lipinski definition) is 1. The number of aryl methyl sites for hydroxylation is 2. The van der Waals surface area contributed by atoms with E-state index in [1.54, 1.807) is 0 Å². The van der Waals surface area contributed by atoms with Crippen molar-refractivity contribution in [1.29, 1.82) is 0 Å². The minimum Gasteiger partial charge on any atom is -0.372 e. The molecule has 0 aromatic heterocycles. The lowest BCUT2D eigenvalue weighted by Gasteiger charge is -2.36. The van der Waals surface area contributed by atoms with E-state index in [-0.39, 0.29) is 6.03 Å². The molecule has 28 heavy (non-hydrogen) atoms. The lowest BCUT2D eigenvalue weighted by Crippen LogP contribution is -2.50. The zero-order valence-corrected chi connectivity index (χ0v) is 17.5. The number of nitrogens with zero attached hydrogens (tertiary/aromatic N) is 3. The lowest BCUT2D eigenvalue weighted by atomic mass is 10.1. The molecule has 0 spiro atoms. The molecule has 0 saturated carbocycles. The maximum absolute atomic E-state index is 12.7. The zero-order valence-electron chi connectivity index (χ0n) is 17.5. The fraction of sp³-hybridized carbons (Fsp3) is 0.435. The molecule has 0 bridgehead atoms. The van der Waals surface area contributed by atoms with Gasteiger partial charge in [0, 0.05) is 56.3 Å². The average Bonchev–Trinajstić information content (AvgIpc) is 2.72. The summed E-state index contributed by atoms with van der Waals surface area (Å²) in [5, 5.41) is 3.07. The molecule has 2 amide bonds. The quantitative estimate of drug-likeness (QED) is 0.830. The van der Waals surface area contributed by atoms with Gasteiger partial charge in [-0.1, -0.05) is 12.1 Å². The summed E-state index contributed by atoms with van der Waals surface area (Å²) in [6.45, 7) is 13.6. The number of carbonyl (C=O) groups excluding carboxylic acids is 1. The molecule has 3 rings (SSSR count). The van der Waals surface area contributed by atoms with Crippen LogP contribution in [0.1, 0.15) is 25.0 Å². The summed E-state index contributed by atoms with van der Waals surface area (Å²) >= 11 is 0. The maximum atomic E-state index is 12.7. The highest BCUT2D eigenvalue weighted by Crippen LogP contribution is 2.22. The van der Waals surface area contributed by atoms with E-state index in [4.69, 9.17) is 0 Å². The smallest absolute Gasteiger partial charge is 0.321 e. The van der Waals surface area contributed by atoms with E-state index in [2.05, 4.69) is 59.3 Å². The second kappa shape index (κ2) is 9.00. The molecule has 2 aromatic carbocycles. The maximum Gasteiger partial charge on any atom is 0.321 e. The second-order valence-corrected chi connectivity index (χ2v) is 7.41. The molecule has 1 N–H and O–H groups in total. The van der Waals surface area contributed by atoms with Crippen molar-refractivity contribution in [2.45, 2.75) is 27.7 Å². The minimum absolute atomic E-state index is 0.00905. The van der Waals surface area contributed by atoms with Gasteiger partial charge in [0.05, 0.1) is 0 Å². The van der Waals surface area contributed by atoms with Crippen molar-refractivity contribution >= 4 is 23.1 Å². The summed E-state index contributed by atoms with van der Waals surface area (Å²) < 4.78 is 0. The Hall–Kier alpha value is -2.69. The lowest BCUT2D eigenvalue weighted by molar-refractivity contribution is 0.208. The zero-order chi connectivity index (χ0) is 20.1. The van der Waals surface area contributed by atoms with Crippen molar-refractivity contribution in [2.75, 3.05) is 54.4 Å². The SMILES string of the molecule is CCN(CC)c1ccc(N2CCN(C(=O)Nc3cc(C)ccc3C)CC2)cc1. The van der Waals surface area contributed by atoms with E-state index in [0.29, 0.717) is 0 Å². The van der Waals surface area contributed by atoms with Crippen molar-refractivity contribution in [3.05, 3.63) is 53.6 Å². The fourth-order valence-electron chi connectivity index (χ4n) is 3.70. The monoisotopic (exact) mass is 380 g/mol. The Kier molecular flexibility index (Phi) is 6.45. The largest absolute Gasteiger partial charge is 0.372 e. The minimum atomic E-state index is -0.00905. The first-order valence-electron chi connectivity index (χ1n) is 10.2. The molecule has 5 nitrogen and oxygen atoms in total. The van der Waals surface area contributed by atoms with E-state index in [1.807, 2.05) is 30.9 Å². The molecule has 150 valence electrons. The van der Waals surface area contributed by atoms with Gasteiger partial charge >= 0.3 is 6.03 Å². The van der Waals surface area contributed by atoms with Crippen LogP contribution in [0, 0.1) is 13.8 Å². The standard InChI is InChI=1S/C23H32N4O/c1-5-25(6-2)20-9-11-21(12-10-20)26-13-15-27(16-14-26)23(28)24-22-17-18(3)7-8-19(22)4/h7-12,17H,5-6,13-16H2,1-4H3,(H,24,28). The van der Waals surface area contributed by atoms with Crippen LogP contribution in [0.3, 0.4) is 0 Å². The van der Waals surface area contributed by atoms with Crippen LogP contribution >= 0.6 is 0 Å². The van der Waals surface area contributed by atoms with Crippen LogP contribution < -0.4 is 15.1 Å². The van der Waals surface area contributed by atoms with Crippen LogP contribution in [0.25, 0.3) is 0 Å². The number of rotatable bonds is 5. The molecule has 1 fully saturated rings. The van der Waals surface area contributed by atoms with E-state index in [0.717, 1.165) is 56.1 Å². The predicted octanol–water partition coefficient (Wildman–Crippen LogP) is 4.50. The third kappa shape index (κ3) is 4.58. The molecule has 1 aliphatic heterocycles. The Morgan fingerprint density at radius 2 is 1.61 bits per heavy atom. The summed E-state index contributed by atoms with van der Waals surface area (Å²) in [5.74, 6) is 0. The van der Waals surface area contributed by atoms with E-state index in [1.165, 1.54) is 11.4 Å². The summed E-state index contributed by atoms with van der Waals surface area (Å²) in [5.41, 5.74) is 5.63. The first kappa shape index (κ1) is 20.1. The molecular weight excluding hydrogens is 348 g/mol. The van der Waals surface area contributed by atoms with E-state index >= 15 is 0 Å². The van der Waals surface area contributed by atoms with Crippen molar-refractivity contribution in [3.8, 4) is 0 Å². The summed E-state index contributed by atoms with van der Waals surface area (Å²) in [6.07, 6.45) is 0. The number of urea groups is 1. The highest BCUT2D eigenvalue weighted by Gasteiger charge is 2.21. The molecule has 5 heteroatoms. The normalized spacial score (nSPS) is 14.1. The highest BCUT2D eigenvalue weighted by atomic mass is 16.2. The molecular formula is C23H32N4O. The van der Waals surface area contributed by atoms with Crippen LogP contribution in [0.4, 0.5) is 21.9 Å². The number of piperazine rings is 1. The van der Waals surface area contributed by atoms with Gasteiger partial charge in [0.15, 0.2) is 0 Å². The Balaban J connectivity index is 1.56. The Bertz CT molecular complexity index is 791. The number of carbonyl (C=O) groups is 1. The van der Waals surface area contributed by atoms with Gasteiger partial charge in [-0.2, -0.15) is 0 Å². The summed E-state index contributed by atoms with van der Waals surface area (Å²) in [4.78, 5) is 19.3. The van der Waals surface area contributed by atoms with Gasteiger partial charge in [0.2, 0.25) is 0 Å². The fourth-order valence-corrected chi connectivity index (χ4v) is 3.70. The van der Waals surface area contributed by atoms with Crippen LogP contribution in [0.15, 0.2) is 42.5 Å². The third-order valence-electron chi connectivity index (χ3n) is 5.55. The predicted molar refractivity (Wildman–Crippen MR) is 119 cm³/mol. The molecule has 1 saturated heterocycles. The topological polar surface area (TPSA) is 38.8 Å². The van der Waals surface area contributed by atoms with Gasteiger partial charge in [-0.25, -0.2) is 4.79 Å². The number of anilines is 3. The third-order valence-corrected chi connectivity index (χ3v) is 5.55. The number of benzene rings is 2. The number of hydrogen-bond acceptors (Lipinski definition) is 3. The van der Waals surface area contributed by atoms with Crippen molar-refractivity contribution < 1.29 is 4.79 Å². The van der Waals surface area contributed by atoms with Crippen molar-refractivity contribution in [1.82, 2.24) is 4.90 Å². The van der Waals surface area contributed by atoms with Gasteiger partial charge in [0.25, 0.3) is 0 Å². The van der Waals surface area contributed by atoms with Crippen LogP contribution in [-0.4, -0.2) is 50.2 Å². The Labute approximate surface area is 168 Å². The molecule has 1 aliphatic rings. The van der Waals surface area contributed by atoms with Crippen LogP contribution in [0.5, 0.6) is 0 Å². The van der Waals surface area contributed by atoms with E-state index in [9.17, 15) is 4.79 Å². The van der Waals surface area contributed by atoms with Gasteiger partial charge < -0.3 is 20.0 Å². The summed E-state index contributed by atoms with van der Waals surface area (Å²) in [7, 11) is 0. The molecule has 0 atom stereocenters. The van der Waals surface area contributed by atoms with Crippen LogP contribution in [0.2, 0.25) is 0 Å². The van der Waals surface area contributed by atoms with Crippen molar-refractivity contribution in [3.63, 3.8) is 0 Å². The van der Waals surface area contributed by atoms with Gasteiger partial charge in [-0.15, -0.1) is 0 Å². The van der Waals surface area contributed by atoms with Gasteiger partial charge in [0.1, 0.15) is 0 Å². The van der Waals surface area contributed by atoms with Crippen molar-refractivity contribution in [2.24, 2.45) is 0 Å². The first-order valence-corrected chi connectivity index (χ1v) is 10.2. The molecule has 2 aromatic rings.